The number of nitrogens with zero attached hydrogens (tertiary/aromatic N) is 1. The Labute approximate surface area is 158 Å². The van der Waals surface area contributed by atoms with Gasteiger partial charge in [0.1, 0.15) is 0 Å². The van der Waals surface area contributed by atoms with Crippen LogP contribution in [0.4, 0.5) is 0 Å². The van der Waals surface area contributed by atoms with Crippen molar-refractivity contribution in [2.24, 2.45) is 0 Å². The van der Waals surface area contributed by atoms with Crippen LogP contribution in [-0.2, 0) is 0 Å². The van der Waals surface area contributed by atoms with Gasteiger partial charge in [0.15, 0.2) is 15.1 Å². The van der Waals surface area contributed by atoms with Crippen LogP contribution in [0, 0.1) is 0 Å². The molecule has 0 amide bonds. The Bertz CT molecular complexity index is 497. The van der Waals surface area contributed by atoms with E-state index in [-0.39, 0.29) is 0 Å². The van der Waals surface area contributed by atoms with Gasteiger partial charge in [0.25, 0.3) is 0 Å². The van der Waals surface area contributed by atoms with Crippen LogP contribution in [0.15, 0.2) is 6.20 Å². The molecule has 0 radical (unpaired) electrons. The molecule has 0 aromatic carbocycles. The van der Waals surface area contributed by atoms with E-state index < -0.39 is 0 Å². The summed E-state index contributed by atoms with van der Waals surface area (Å²) in [6.45, 7) is 5.11. The number of rotatable bonds is 4. The van der Waals surface area contributed by atoms with Crippen LogP contribution in [0.5, 0.6) is 0 Å². The van der Waals surface area contributed by atoms with Gasteiger partial charge in [-0.3, -0.25) is 4.98 Å². The van der Waals surface area contributed by atoms with E-state index in [1.54, 1.807) is 0 Å². The van der Waals surface area contributed by atoms with E-state index in [0.29, 0.717) is 10.6 Å². The summed E-state index contributed by atoms with van der Waals surface area (Å²) in [6, 6.07) is 0. The minimum absolute atomic E-state index is 0.477. The molecule has 1 aromatic heterocycles. The van der Waals surface area contributed by atoms with E-state index in [0.717, 1.165) is 0 Å². The zero-order chi connectivity index (χ0) is 17.5. The molecule has 0 spiro atoms. The lowest BCUT2D eigenvalue weighted by Crippen LogP contribution is -2.28. The second-order valence-electron chi connectivity index (χ2n) is 9.02. The van der Waals surface area contributed by atoms with Gasteiger partial charge in [0.05, 0.1) is 22.0 Å². The molecule has 1 saturated carbocycles. The predicted molar refractivity (Wildman–Crippen MR) is 123 cm³/mol. The molecule has 2 atom stereocenters. The molecule has 0 saturated heterocycles. The monoisotopic (exact) mass is 339 g/mol. The topological polar surface area (TPSA) is 12.9 Å². The standard InChI is InChI=1S/C17H34B5NS/c1-16(20-14-13-23-15(18)24-14)9-6-4-3-5-7-10-17(2,21-22-19)12-8-11-16/h13,20-22H,3-12,18-19H2,1-2H3. The summed E-state index contributed by atoms with van der Waals surface area (Å²) in [4.78, 5) is 5.70. The molecule has 0 bridgehead atoms. The number of hydrogen-bond donors (Lipinski definition) is 0. The van der Waals surface area contributed by atoms with Crippen LogP contribution >= 0.6 is 11.3 Å². The van der Waals surface area contributed by atoms with Crippen molar-refractivity contribution in [2.45, 2.75) is 88.7 Å². The summed E-state index contributed by atoms with van der Waals surface area (Å²) >= 11 is 1.91. The molecule has 1 nitrogen and oxygen atoms in total. The maximum atomic E-state index is 4.48. The second-order valence-corrected chi connectivity index (χ2v) is 10.3. The highest BCUT2D eigenvalue weighted by molar-refractivity contribution is 7.27. The van der Waals surface area contributed by atoms with Crippen molar-refractivity contribution in [3.8, 4) is 0 Å². The van der Waals surface area contributed by atoms with E-state index in [9.17, 15) is 0 Å². The highest BCUT2D eigenvalue weighted by Gasteiger charge is 2.29. The molecular formula is C17H34B5NS. The van der Waals surface area contributed by atoms with Gasteiger partial charge in [-0.2, -0.15) is 0 Å². The quantitative estimate of drug-likeness (QED) is 0.749. The predicted octanol–water partition coefficient (Wildman–Crippen LogP) is 1.07. The Morgan fingerprint density at radius 1 is 0.958 bits per heavy atom. The van der Waals surface area contributed by atoms with Crippen LogP contribution in [0.2, 0.25) is 10.6 Å². The number of aromatic nitrogens is 1. The number of thiazole rings is 1. The van der Waals surface area contributed by atoms with Crippen LogP contribution in [0.3, 0.4) is 0 Å². The van der Waals surface area contributed by atoms with Crippen molar-refractivity contribution in [1.82, 2.24) is 4.98 Å². The van der Waals surface area contributed by atoms with Crippen LogP contribution < -0.4 is 9.68 Å². The summed E-state index contributed by atoms with van der Waals surface area (Å²) in [5, 5.41) is 1.07. The second kappa shape index (κ2) is 9.60. The molecule has 1 fully saturated rings. The van der Waals surface area contributed by atoms with Crippen LogP contribution in [0.25, 0.3) is 0 Å². The molecule has 0 aliphatic heterocycles. The van der Waals surface area contributed by atoms with Crippen molar-refractivity contribution in [3.05, 3.63) is 6.20 Å². The maximum absolute atomic E-state index is 4.48. The van der Waals surface area contributed by atoms with Crippen molar-refractivity contribution in [2.75, 3.05) is 0 Å². The Morgan fingerprint density at radius 3 is 2.17 bits per heavy atom. The molecule has 1 aliphatic rings. The molecule has 2 unspecified atom stereocenters. The van der Waals surface area contributed by atoms with E-state index in [1.807, 2.05) is 11.3 Å². The average Bonchev–Trinajstić information content (AvgIpc) is 2.90. The van der Waals surface area contributed by atoms with Crippen LogP contribution in [-0.4, -0.2) is 42.1 Å². The Kier molecular flexibility index (Phi) is 8.10. The normalized spacial score (nSPS) is 29.9. The fourth-order valence-electron chi connectivity index (χ4n) is 4.76. The summed E-state index contributed by atoms with van der Waals surface area (Å²) in [7, 11) is 8.49. The van der Waals surface area contributed by atoms with E-state index in [4.69, 9.17) is 0 Å². The first-order chi connectivity index (χ1) is 11.4. The zero-order valence-corrected chi connectivity index (χ0v) is 17.4. The fourth-order valence-corrected chi connectivity index (χ4v) is 5.77. The highest BCUT2D eigenvalue weighted by Crippen LogP contribution is 2.43. The first-order valence-corrected chi connectivity index (χ1v) is 11.2. The van der Waals surface area contributed by atoms with Crippen molar-refractivity contribution in [1.29, 1.82) is 0 Å². The van der Waals surface area contributed by atoms with Gasteiger partial charge in [-0.15, -0.1) is 11.3 Å². The largest absolute Gasteiger partial charge is 0.262 e. The van der Waals surface area contributed by atoms with E-state index in [2.05, 4.69) is 40.6 Å². The molecular weight excluding hydrogens is 304 g/mol. The minimum Gasteiger partial charge on any atom is -0.262 e. The third kappa shape index (κ3) is 6.69. The summed E-state index contributed by atoms with van der Waals surface area (Å²) < 4.78 is 1.50. The van der Waals surface area contributed by atoms with Gasteiger partial charge in [-0.05, 0) is 4.78 Å². The van der Waals surface area contributed by atoms with Gasteiger partial charge < -0.3 is 0 Å². The van der Waals surface area contributed by atoms with E-state index in [1.165, 1.54) is 95.4 Å². The Balaban J connectivity index is 2.01. The molecule has 128 valence electrons. The van der Waals surface area contributed by atoms with Crippen molar-refractivity contribution >= 4 is 58.1 Å². The smallest absolute Gasteiger partial charge is 0.179 e. The molecule has 24 heavy (non-hydrogen) atoms. The van der Waals surface area contributed by atoms with Gasteiger partial charge in [0, 0.05) is 11.1 Å². The van der Waals surface area contributed by atoms with Gasteiger partial charge in [0.2, 0.25) is 0 Å². The van der Waals surface area contributed by atoms with Crippen LogP contribution in [0.1, 0.15) is 78.1 Å². The van der Waals surface area contributed by atoms with Gasteiger partial charge in [-0.25, -0.2) is 0 Å². The first kappa shape index (κ1) is 20.3. The highest BCUT2D eigenvalue weighted by atomic mass is 32.1. The molecule has 2 rings (SSSR count). The van der Waals surface area contributed by atoms with Crippen molar-refractivity contribution < 1.29 is 0 Å². The van der Waals surface area contributed by atoms with Gasteiger partial charge >= 0.3 is 0 Å². The average molecular weight is 339 g/mol. The summed E-state index contributed by atoms with van der Waals surface area (Å²) in [5.41, 5.74) is 0. The SMILES string of the molecule is BBBC1(C)CCCCCCCC(C)(Bc2cnc(B)s2)CCC1. The molecule has 1 aromatic rings. The first-order valence-electron chi connectivity index (χ1n) is 10.4. The Hall–Kier alpha value is -0.0453. The summed E-state index contributed by atoms with van der Waals surface area (Å²) in [5.74, 6) is 0. The maximum Gasteiger partial charge on any atom is 0.179 e. The third-order valence-corrected chi connectivity index (χ3v) is 7.16. The van der Waals surface area contributed by atoms with E-state index >= 15 is 0 Å². The molecule has 1 aliphatic carbocycles. The lowest BCUT2D eigenvalue weighted by Gasteiger charge is -2.34. The number of hydrogen-bond acceptors (Lipinski definition) is 2. The Morgan fingerprint density at radius 2 is 1.54 bits per heavy atom. The van der Waals surface area contributed by atoms with Crippen molar-refractivity contribution in [3.63, 3.8) is 0 Å². The molecule has 1 heterocycles. The summed E-state index contributed by atoms with van der Waals surface area (Å²) in [6.07, 6.45) is 16.4. The zero-order valence-electron chi connectivity index (χ0n) is 16.6. The molecule has 0 N–H and O–H groups in total. The van der Waals surface area contributed by atoms with Gasteiger partial charge in [-0.1, -0.05) is 88.7 Å². The minimum atomic E-state index is 0.477. The third-order valence-electron chi connectivity index (χ3n) is 6.25. The lowest BCUT2D eigenvalue weighted by atomic mass is 9.20. The fraction of sp³-hybridized carbons (Fsp3) is 0.824. The molecule has 7 heteroatoms. The lowest BCUT2D eigenvalue weighted by molar-refractivity contribution is 0.396.